The number of benzene rings is 1. The van der Waals surface area contributed by atoms with Gasteiger partial charge in [0, 0.05) is 21.1 Å². The van der Waals surface area contributed by atoms with Crippen molar-refractivity contribution in [1.82, 2.24) is 4.98 Å². The Morgan fingerprint density at radius 2 is 1.95 bits per heavy atom. The van der Waals surface area contributed by atoms with Crippen molar-refractivity contribution in [1.29, 1.82) is 5.41 Å². The third kappa shape index (κ3) is 3.98. The smallest absolute Gasteiger partial charge is 0.384 e. The predicted molar refractivity (Wildman–Crippen MR) is 78.5 cm³/mol. The van der Waals surface area contributed by atoms with Crippen molar-refractivity contribution in [3.05, 3.63) is 52.1 Å². The molecule has 2 aromatic rings. The van der Waals surface area contributed by atoms with Crippen molar-refractivity contribution in [3.8, 4) is 0 Å². The second kappa shape index (κ2) is 6.07. The molecule has 0 aliphatic rings. The molecule has 0 amide bonds. The largest absolute Gasteiger partial charge is 0.417 e. The van der Waals surface area contributed by atoms with Crippen LogP contribution < -0.4 is 5.73 Å². The van der Waals surface area contributed by atoms with Crippen molar-refractivity contribution in [2.24, 2.45) is 5.73 Å². The van der Waals surface area contributed by atoms with Crippen LogP contribution in [0.1, 0.15) is 11.1 Å². The number of nitrogens with two attached hydrogens (primary N) is 1. The minimum absolute atomic E-state index is 0.324. The predicted octanol–water partition coefficient (Wildman–Crippen LogP) is 4.30. The molecule has 1 aromatic heterocycles. The maximum atomic E-state index is 13.0. The standard InChI is InChI=1S/C13H9BrF3N3S/c14-7-1-4-11(20-6-7)21-8-2-3-9(12(18)19)10(5-8)13(15,16)17/h1-6H,(H3,18,19). The van der Waals surface area contributed by atoms with Crippen LogP contribution in [0.4, 0.5) is 13.2 Å². The van der Waals surface area contributed by atoms with Crippen LogP contribution in [0.2, 0.25) is 0 Å². The zero-order chi connectivity index (χ0) is 15.6. The Morgan fingerprint density at radius 1 is 1.24 bits per heavy atom. The Labute approximate surface area is 131 Å². The van der Waals surface area contributed by atoms with E-state index in [1.807, 2.05) is 0 Å². The van der Waals surface area contributed by atoms with Gasteiger partial charge < -0.3 is 5.73 Å². The lowest BCUT2D eigenvalue weighted by Gasteiger charge is -2.13. The molecule has 0 atom stereocenters. The van der Waals surface area contributed by atoms with Crippen molar-refractivity contribution >= 4 is 33.5 Å². The van der Waals surface area contributed by atoms with Crippen LogP contribution in [0.3, 0.4) is 0 Å². The molecular weight excluding hydrogens is 367 g/mol. The highest BCUT2D eigenvalue weighted by Gasteiger charge is 2.34. The summed E-state index contributed by atoms with van der Waals surface area (Å²) < 4.78 is 39.8. The highest BCUT2D eigenvalue weighted by Crippen LogP contribution is 2.36. The molecular formula is C13H9BrF3N3S. The quantitative estimate of drug-likeness (QED) is 0.620. The van der Waals surface area contributed by atoms with E-state index in [4.69, 9.17) is 11.1 Å². The SMILES string of the molecule is N=C(N)c1ccc(Sc2ccc(Br)cn2)cc1C(F)(F)F. The number of aromatic nitrogens is 1. The molecule has 21 heavy (non-hydrogen) atoms. The Kier molecular flexibility index (Phi) is 4.58. The van der Waals surface area contributed by atoms with Gasteiger partial charge in [-0.3, -0.25) is 5.41 Å². The van der Waals surface area contributed by atoms with Crippen LogP contribution in [0.15, 0.2) is 50.9 Å². The van der Waals surface area contributed by atoms with Gasteiger partial charge in [-0.15, -0.1) is 0 Å². The number of nitrogens with zero attached hydrogens (tertiary/aromatic N) is 1. The van der Waals surface area contributed by atoms with Crippen LogP contribution in [-0.2, 0) is 6.18 Å². The summed E-state index contributed by atoms with van der Waals surface area (Å²) in [6.07, 6.45) is -3.00. The first-order valence-electron chi connectivity index (χ1n) is 5.62. The lowest BCUT2D eigenvalue weighted by Crippen LogP contribution is -2.18. The second-order valence-electron chi connectivity index (χ2n) is 4.04. The van der Waals surface area contributed by atoms with E-state index in [9.17, 15) is 13.2 Å². The summed E-state index contributed by atoms with van der Waals surface area (Å²) in [5, 5.41) is 7.80. The summed E-state index contributed by atoms with van der Waals surface area (Å²) in [7, 11) is 0. The van der Waals surface area contributed by atoms with Gasteiger partial charge >= 0.3 is 6.18 Å². The maximum absolute atomic E-state index is 13.0. The molecule has 8 heteroatoms. The fraction of sp³-hybridized carbons (Fsp3) is 0.0769. The van der Waals surface area contributed by atoms with E-state index in [0.717, 1.165) is 22.3 Å². The van der Waals surface area contributed by atoms with Crippen LogP contribution in [0.5, 0.6) is 0 Å². The van der Waals surface area contributed by atoms with Crippen LogP contribution in [0.25, 0.3) is 0 Å². The summed E-state index contributed by atoms with van der Waals surface area (Å²) in [5.74, 6) is -0.611. The van der Waals surface area contributed by atoms with Gasteiger partial charge in [0.1, 0.15) is 10.9 Å². The van der Waals surface area contributed by atoms with Gasteiger partial charge in [0.2, 0.25) is 0 Å². The van der Waals surface area contributed by atoms with Gasteiger partial charge in [0.25, 0.3) is 0 Å². The minimum atomic E-state index is -4.56. The minimum Gasteiger partial charge on any atom is -0.384 e. The Balaban J connectivity index is 2.38. The fourth-order valence-electron chi connectivity index (χ4n) is 1.60. The number of nitrogens with one attached hydrogen (secondary N) is 1. The van der Waals surface area contributed by atoms with Crippen molar-refractivity contribution < 1.29 is 13.2 Å². The van der Waals surface area contributed by atoms with Crippen LogP contribution >= 0.6 is 27.7 Å². The van der Waals surface area contributed by atoms with E-state index in [0.29, 0.717) is 9.92 Å². The highest BCUT2D eigenvalue weighted by atomic mass is 79.9. The lowest BCUT2D eigenvalue weighted by atomic mass is 10.1. The normalized spacial score (nSPS) is 11.4. The monoisotopic (exact) mass is 375 g/mol. The maximum Gasteiger partial charge on any atom is 0.417 e. The summed E-state index contributed by atoms with van der Waals surface area (Å²) in [6, 6.07) is 7.11. The van der Waals surface area contributed by atoms with Crippen molar-refractivity contribution in [3.63, 3.8) is 0 Å². The summed E-state index contributed by atoms with van der Waals surface area (Å²) >= 11 is 4.34. The number of alkyl halides is 3. The number of amidine groups is 1. The Morgan fingerprint density at radius 3 is 2.48 bits per heavy atom. The molecule has 0 fully saturated rings. The fourth-order valence-corrected chi connectivity index (χ4v) is 2.63. The molecule has 3 nitrogen and oxygen atoms in total. The van der Waals surface area contributed by atoms with Gasteiger partial charge in [-0.25, -0.2) is 4.98 Å². The van der Waals surface area contributed by atoms with Crippen molar-refractivity contribution in [2.45, 2.75) is 16.1 Å². The van der Waals surface area contributed by atoms with Gasteiger partial charge in [-0.2, -0.15) is 13.2 Å². The average molecular weight is 376 g/mol. The molecule has 0 saturated heterocycles. The van der Waals surface area contributed by atoms with E-state index < -0.39 is 17.6 Å². The average Bonchev–Trinajstić information content (AvgIpc) is 2.40. The molecule has 1 heterocycles. The molecule has 0 aliphatic heterocycles. The number of hydrogen-bond acceptors (Lipinski definition) is 3. The Bertz CT molecular complexity index is 671. The third-order valence-electron chi connectivity index (χ3n) is 2.51. The van der Waals surface area contributed by atoms with E-state index in [-0.39, 0.29) is 5.56 Å². The molecule has 0 bridgehead atoms. The summed E-state index contributed by atoms with van der Waals surface area (Å²) in [5.41, 5.74) is 3.95. The van der Waals surface area contributed by atoms with E-state index in [1.54, 1.807) is 18.3 Å². The van der Waals surface area contributed by atoms with Crippen molar-refractivity contribution in [2.75, 3.05) is 0 Å². The zero-order valence-electron chi connectivity index (χ0n) is 10.4. The van der Waals surface area contributed by atoms with E-state index in [2.05, 4.69) is 20.9 Å². The molecule has 0 saturated carbocycles. The number of hydrogen-bond donors (Lipinski definition) is 2. The van der Waals surface area contributed by atoms with Crippen LogP contribution in [0, 0.1) is 5.41 Å². The topological polar surface area (TPSA) is 62.8 Å². The molecule has 2 rings (SSSR count). The zero-order valence-corrected chi connectivity index (χ0v) is 12.8. The third-order valence-corrected chi connectivity index (χ3v) is 3.92. The second-order valence-corrected chi connectivity index (χ2v) is 6.05. The van der Waals surface area contributed by atoms with Gasteiger partial charge in [-0.05, 0) is 46.3 Å². The summed E-state index contributed by atoms with van der Waals surface area (Å²) in [4.78, 5) is 4.47. The van der Waals surface area contributed by atoms with Gasteiger partial charge in [0.15, 0.2) is 0 Å². The molecule has 1 aromatic carbocycles. The molecule has 0 aliphatic carbocycles. The van der Waals surface area contributed by atoms with Gasteiger partial charge in [-0.1, -0.05) is 11.8 Å². The summed E-state index contributed by atoms with van der Waals surface area (Å²) in [6.45, 7) is 0. The van der Waals surface area contributed by atoms with E-state index >= 15 is 0 Å². The number of pyridine rings is 1. The first kappa shape index (κ1) is 15.8. The molecule has 0 unspecified atom stereocenters. The molecule has 3 N–H and O–H groups in total. The molecule has 0 spiro atoms. The Hall–Kier alpha value is -1.54. The molecule has 110 valence electrons. The van der Waals surface area contributed by atoms with E-state index in [1.165, 1.54) is 12.1 Å². The first-order chi connectivity index (χ1) is 9.77. The number of halogens is 4. The number of rotatable bonds is 3. The highest BCUT2D eigenvalue weighted by molar-refractivity contribution is 9.10. The number of nitrogen functional groups attached to an aromatic ring is 1. The first-order valence-corrected chi connectivity index (χ1v) is 7.23. The lowest BCUT2D eigenvalue weighted by molar-refractivity contribution is -0.137. The van der Waals surface area contributed by atoms with Gasteiger partial charge in [0.05, 0.1) is 5.56 Å². The van der Waals surface area contributed by atoms with Crippen LogP contribution in [-0.4, -0.2) is 10.8 Å². The molecule has 0 radical (unpaired) electrons.